The molecule has 0 bridgehead atoms. The van der Waals surface area contributed by atoms with Crippen LogP contribution in [0, 0.1) is 0 Å². The molecule has 0 aromatic carbocycles. The Morgan fingerprint density at radius 3 is 2.60 bits per heavy atom. The second-order valence-electron chi connectivity index (χ2n) is 2.05. The Kier molecular flexibility index (Phi) is 1.82. The summed E-state index contributed by atoms with van der Waals surface area (Å²) < 4.78 is 34.8. The molecule has 0 fully saturated rings. The van der Waals surface area contributed by atoms with Crippen LogP contribution < -0.4 is 5.32 Å². The van der Waals surface area contributed by atoms with Crippen LogP contribution in [0.3, 0.4) is 0 Å². The van der Waals surface area contributed by atoms with E-state index in [1.165, 1.54) is 0 Å². The number of rotatable bonds is 1. The van der Waals surface area contributed by atoms with E-state index in [1.807, 2.05) is 0 Å². The number of nitrogens with zero attached hydrogens (tertiary/aromatic N) is 1. The van der Waals surface area contributed by atoms with E-state index in [-0.39, 0.29) is 5.84 Å². The van der Waals surface area contributed by atoms with Crippen LogP contribution in [0.25, 0.3) is 0 Å². The lowest BCUT2D eigenvalue weighted by atomic mass is 10.4. The number of alkyl halides is 3. The Morgan fingerprint density at radius 1 is 1.50 bits per heavy atom. The SMILES string of the molecule is FC(F)(F)CC1=NCCN1. The molecular formula is C5H7F3N2. The highest BCUT2D eigenvalue weighted by molar-refractivity contribution is 5.84. The normalized spacial score (nSPS) is 18.5. The van der Waals surface area contributed by atoms with Crippen molar-refractivity contribution in [2.75, 3.05) is 13.1 Å². The van der Waals surface area contributed by atoms with Gasteiger partial charge in [-0.05, 0) is 0 Å². The summed E-state index contributed by atoms with van der Waals surface area (Å²) in [6.45, 7) is 0.997. The zero-order valence-electron chi connectivity index (χ0n) is 5.20. The van der Waals surface area contributed by atoms with E-state index in [2.05, 4.69) is 10.3 Å². The average molecular weight is 152 g/mol. The molecule has 0 spiro atoms. The van der Waals surface area contributed by atoms with Gasteiger partial charge in [0.2, 0.25) is 0 Å². The Labute approximate surface area is 56.1 Å². The van der Waals surface area contributed by atoms with Crippen molar-refractivity contribution in [1.82, 2.24) is 5.32 Å². The van der Waals surface area contributed by atoms with Crippen LogP contribution in [0.2, 0.25) is 0 Å². The molecule has 0 saturated carbocycles. The van der Waals surface area contributed by atoms with E-state index >= 15 is 0 Å². The minimum absolute atomic E-state index is 0.0625. The molecule has 1 heterocycles. The summed E-state index contributed by atoms with van der Waals surface area (Å²) in [5.74, 6) is 0.0625. The van der Waals surface area contributed by atoms with Crippen LogP contribution in [0.4, 0.5) is 13.2 Å². The molecule has 0 aliphatic carbocycles. The van der Waals surface area contributed by atoms with Crippen molar-refractivity contribution in [3.8, 4) is 0 Å². The van der Waals surface area contributed by atoms with E-state index in [9.17, 15) is 13.2 Å². The van der Waals surface area contributed by atoms with Crippen LogP contribution in [0.15, 0.2) is 4.99 Å². The number of hydrogen-bond acceptors (Lipinski definition) is 2. The summed E-state index contributed by atoms with van der Waals surface area (Å²) in [4.78, 5) is 3.61. The number of amidine groups is 1. The maximum Gasteiger partial charge on any atom is 0.396 e. The predicted octanol–water partition coefficient (Wildman–Crippen LogP) is 0.940. The lowest BCUT2D eigenvalue weighted by molar-refractivity contribution is -0.121. The van der Waals surface area contributed by atoms with Gasteiger partial charge in [-0.15, -0.1) is 0 Å². The minimum Gasteiger partial charge on any atom is -0.372 e. The number of nitrogens with one attached hydrogen (secondary N) is 1. The maximum atomic E-state index is 11.6. The van der Waals surface area contributed by atoms with Gasteiger partial charge in [0.05, 0.1) is 6.54 Å². The monoisotopic (exact) mass is 152 g/mol. The smallest absolute Gasteiger partial charge is 0.372 e. The third-order valence-electron chi connectivity index (χ3n) is 1.11. The van der Waals surface area contributed by atoms with Crippen LogP contribution in [-0.2, 0) is 0 Å². The quantitative estimate of drug-likeness (QED) is 0.594. The molecule has 0 atom stereocenters. The van der Waals surface area contributed by atoms with Gasteiger partial charge in [0.1, 0.15) is 12.3 Å². The molecule has 1 N–H and O–H groups in total. The van der Waals surface area contributed by atoms with Gasteiger partial charge in [0.25, 0.3) is 0 Å². The van der Waals surface area contributed by atoms with Gasteiger partial charge in [-0.1, -0.05) is 0 Å². The van der Waals surface area contributed by atoms with E-state index in [0.29, 0.717) is 13.1 Å². The van der Waals surface area contributed by atoms with Crippen molar-refractivity contribution >= 4 is 5.84 Å². The van der Waals surface area contributed by atoms with Crippen molar-refractivity contribution < 1.29 is 13.2 Å². The highest BCUT2D eigenvalue weighted by atomic mass is 19.4. The summed E-state index contributed by atoms with van der Waals surface area (Å²) in [5.41, 5.74) is 0. The molecule has 0 unspecified atom stereocenters. The lowest BCUT2D eigenvalue weighted by Gasteiger charge is -2.05. The fourth-order valence-corrected chi connectivity index (χ4v) is 0.755. The van der Waals surface area contributed by atoms with Gasteiger partial charge in [-0.3, -0.25) is 4.99 Å². The summed E-state index contributed by atoms with van der Waals surface area (Å²) >= 11 is 0. The van der Waals surface area contributed by atoms with Gasteiger partial charge in [0.15, 0.2) is 0 Å². The highest BCUT2D eigenvalue weighted by Crippen LogP contribution is 2.19. The fraction of sp³-hybridized carbons (Fsp3) is 0.800. The van der Waals surface area contributed by atoms with Gasteiger partial charge in [0, 0.05) is 6.54 Å². The zero-order chi connectivity index (χ0) is 7.61. The first kappa shape index (κ1) is 7.37. The topological polar surface area (TPSA) is 24.4 Å². The van der Waals surface area contributed by atoms with E-state index in [4.69, 9.17) is 0 Å². The molecule has 58 valence electrons. The Hall–Kier alpha value is -0.740. The number of halogens is 3. The molecule has 5 heteroatoms. The molecule has 0 saturated heterocycles. The Bertz CT molecular complexity index is 149. The second-order valence-corrected chi connectivity index (χ2v) is 2.05. The lowest BCUT2D eigenvalue weighted by Crippen LogP contribution is -2.24. The summed E-state index contributed by atoms with van der Waals surface area (Å²) in [7, 11) is 0. The second kappa shape index (κ2) is 2.48. The Balaban J connectivity index is 2.38. The molecule has 1 aliphatic rings. The molecule has 1 aliphatic heterocycles. The van der Waals surface area contributed by atoms with E-state index in [1.54, 1.807) is 0 Å². The summed E-state index contributed by atoms with van der Waals surface area (Å²) in [6.07, 6.45) is -5.05. The third kappa shape index (κ3) is 2.24. The van der Waals surface area contributed by atoms with Crippen molar-refractivity contribution in [3.63, 3.8) is 0 Å². The number of hydrogen-bond donors (Lipinski definition) is 1. The largest absolute Gasteiger partial charge is 0.396 e. The van der Waals surface area contributed by atoms with Crippen molar-refractivity contribution in [1.29, 1.82) is 0 Å². The molecule has 0 aromatic heterocycles. The highest BCUT2D eigenvalue weighted by Gasteiger charge is 2.30. The number of aliphatic imine (C=N–C) groups is 1. The standard InChI is InChI=1S/C5H7F3N2/c6-5(7,8)3-4-9-1-2-10-4/h1-3H2,(H,9,10). The van der Waals surface area contributed by atoms with Crippen LogP contribution >= 0.6 is 0 Å². The Morgan fingerprint density at radius 2 is 2.20 bits per heavy atom. The maximum absolute atomic E-state index is 11.6. The minimum atomic E-state index is -4.13. The van der Waals surface area contributed by atoms with E-state index in [0.717, 1.165) is 0 Å². The van der Waals surface area contributed by atoms with Gasteiger partial charge < -0.3 is 5.32 Å². The first-order valence-corrected chi connectivity index (χ1v) is 2.92. The van der Waals surface area contributed by atoms with E-state index < -0.39 is 12.6 Å². The first-order chi connectivity index (χ1) is 4.58. The van der Waals surface area contributed by atoms with Crippen molar-refractivity contribution in [3.05, 3.63) is 0 Å². The van der Waals surface area contributed by atoms with Crippen LogP contribution in [-0.4, -0.2) is 25.1 Å². The third-order valence-corrected chi connectivity index (χ3v) is 1.11. The predicted molar refractivity (Wildman–Crippen MR) is 31.0 cm³/mol. The summed E-state index contributed by atoms with van der Waals surface area (Å²) in [6, 6.07) is 0. The molecule has 0 aromatic rings. The molecular weight excluding hydrogens is 145 g/mol. The van der Waals surface area contributed by atoms with Crippen LogP contribution in [0.5, 0.6) is 0 Å². The van der Waals surface area contributed by atoms with Crippen molar-refractivity contribution in [2.24, 2.45) is 4.99 Å². The summed E-state index contributed by atoms with van der Waals surface area (Å²) in [5, 5.41) is 2.54. The van der Waals surface area contributed by atoms with Gasteiger partial charge in [-0.2, -0.15) is 13.2 Å². The average Bonchev–Trinajstić information content (AvgIpc) is 2.12. The first-order valence-electron chi connectivity index (χ1n) is 2.92. The molecule has 1 rings (SSSR count). The molecule has 10 heavy (non-hydrogen) atoms. The van der Waals surface area contributed by atoms with Gasteiger partial charge >= 0.3 is 6.18 Å². The van der Waals surface area contributed by atoms with Crippen molar-refractivity contribution in [2.45, 2.75) is 12.6 Å². The fourth-order valence-electron chi connectivity index (χ4n) is 0.755. The van der Waals surface area contributed by atoms with Gasteiger partial charge in [-0.25, -0.2) is 0 Å². The molecule has 2 nitrogen and oxygen atoms in total. The molecule has 0 amide bonds. The zero-order valence-corrected chi connectivity index (χ0v) is 5.20. The van der Waals surface area contributed by atoms with Crippen LogP contribution in [0.1, 0.15) is 6.42 Å². The molecule has 0 radical (unpaired) electrons.